The van der Waals surface area contributed by atoms with E-state index >= 15 is 0 Å². The zero-order valence-electron chi connectivity index (χ0n) is 13.1. The van der Waals surface area contributed by atoms with E-state index in [1.165, 1.54) is 38.5 Å². The molecule has 1 aliphatic carbocycles. The van der Waals surface area contributed by atoms with Gasteiger partial charge in [-0.15, -0.1) is 0 Å². The van der Waals surface area contributed by atoms with Gasteiger partial charge < -0.3 is 4.90 Å². The van der Waals surface area contributed by atoms with Crippen LogP contribution in [0.3, 0.4) is 0 Å². The molecule has 0 aromatic carbocycles. The maximum absolute atomic E-state index is 12.4. The summed E-state index contributed by atoms with van der Waals surface area (Å²) in [7, 11) is 0. The average Bonchev–Trinajstić information content (AvgIpc) is 2.44. The molecule has 0 bridgehead atoms. The Balaban J connectivity index is 1.76. The van der Waals surface area contributed by atoms with Gasteiger partial charge in [0.25, 0.3) is 0 Å². The van der Waals surface area contributed by atoms with Crippen LogP contribution in [0.4, 0.5) is 0 Å². The standard InChI is InChI=1S/C17H29NOS/c1-15(2)7-12-20-13-16(19)18-11-6-10-17(14-18)8-4-3-5-9-17/h3-4,15H,5-14H2,1-2H3. The number of hydrogen-bond acceptors (Lipinski definition) is 2. The molecule has 2 rings (SSSR count). The topological polar surface area (TPSA) is 20.3 Å². The second-order valence-electron chi connectivity index (χ2n) is 6.87. The third kappa shape index (κ3) is 4.54. The summed E-state index contributed by atoms with van der Waals surface area (Å²) in [6, 6.07) is 0. The number of likely N-dealkylation sites (tertiary alicyclic amines) is 1. The van der Waals surface area contributed by atoms with Crippen LogP contribution in [0.15, 0.2) is 12.2 Å². The Labute approximate surface area is 128 Å². The minimum Gasteiger partial charge on any atom is -0.341 e. The summed E-state index contributed by atoms with van der Waals surface area (Å²) in [5.74, 6) is 2.90. The lowest BCUT2D eigenvalue weighted by Crippen LogP contribution is -2.47. The molecule has 1 fully saturated rings. The van der Waals surface area contributed by atoms with Gasteiger partial charge in [-0.3, -0.25) is 4.79 Å². The smallest absolute Gasteiger partial charge is 0.232 e. The fraction of sp³-hybridized carbons (Fsp3) is 0.824. The van der Waals surface area contributed by atoms with Crippen molar-refractivity contribution in [3.8, 4) is 0 Å². The fourth-order valence-electron chi connectivity index (χ4n) is 3.30. The Morgan fingerprint density at radius 2 is 2.20 bits per heavy atom. The van der Waals surface area contributed by atoms with E-state index in [0.29, 0.717) is 17.1 Å². The van der Waals surface area contributed by atoms with Crippen molar-refractivity contribution in [2.75, 3.05) is 24.6 Å². The van der Waals surface area contributed by atoms with Crippen molar-refractivity contribution in [1.82, 2.24) is 4.90 Å². The van der Waals surface area contributed by atoms with Crippen molar-refractivity contribution in [1.29, 1.82) is 0 Å². The maximum atomic E-state index is 12.4. The minimum absolute atomic E-state index is 0.368. The molecule has 2 aliphatic rings. The zero-order valence-corrected chi connectivity index (χ0v) is 13.9. The van der Waals surface area contributed by atoms with Gasteiger partial charge >= 0.3 is 0 Å². The predicted molar refractivity (Wildman–Crippen MR) is 88.0 cm³/mol. The van der Waals surface area contributed by atoms with E-state index < -0.39 is 0 Å². The van der Waals surface area contributed by atoms with Gasteiger partial charge in [0.2, 0.25) is 5.91 Å². The first-order chi connectivity index (χ1) is 9.61. The van der Waals surface area contributed by atoms with Gasteiger partial charge in [-0.1, -0.05) is 26.0 Å². The third-order valence-corrected chi connectivity index (χ3v) is 5.61. The highest BCUT2D eigenvalue weighted by atomic mass is 32.2. The maximum Gasteiger partial charge on any atom is 0.232 e. The molecule has 0 saturated carbocycles. The van der Waals surface area contributed by atoms with Crippen LogP contribution in [0.1, 0.15) is 52.4 Å². The number of thioether (sulfide) groups is 1. The Morgan fingerprint density at radius 3 is 2.90 bits per heavy atom. The van der Waals surface area contributed by atoms with Crippen molar-refractivity contribution in [2.24, 2.45) is 11.3 Å². The van der Waals surface area contributed by atoms with Crippen molar-refractivity contribution in [2.45, 2.75) is 52.4 Å². The van der Waals surface area contributed by atoms with Crippen LogP contribution in [0, 0.1) is 11.3 Å². The summed E-state index contributed by atoms with van der Waals surface area (Å²) in [6.45, 7) is 6.47. The van der Waals surface area contributed by atoms with E-state index in [-0.39, 0.29) is 0 Å². The lowest BCUT2D eigenvalue weighted by molar-refractivity contribution is -0.132. The molecule has 3 heteroatoms. The van der Waals surface area contributed by atoms with E-state index in [2.05, 4.69) is 30.9 Å². The molecule has 0 aromatic heterocycles. The molecule has 0 aromatic rings. The number of nitrogens with zero attached hydrogens (tertiary/aromatic N) is 1. The number of amides is 1. The molecule has 114 valence electrons. The summed E-state index contributed by atoms with van der Waals surface area (Å²) < 4.78 is 0. The minimum atomic E-state index is 0.368. The van der Waals surface area contributed by atoms with Crippen molar-refractivity contribution >= 4 is 17.7 Å². The highest BCUT2D eigenvalue weighted by molar-refractivity contribution is 7.99. The first kappa shape index (κ1) is 15.9. The van der Waals surface area contributed by atoms with E-state index in [1.807, 2.05) is 11.8 Å². The van der Waals surface area contributed by atoms with Gasteiger partial charge in [0, 0.05) is 13.1 Å². The Morgan fingerprint density at radius 1 is 1.35 bits per heavy atom. The van der Waals surface area contributed by atoms with E-state index in [9.17, 15) is 4.79 Å². The summed E-state index contributed by atoms with van der Waals surface area (Å²) >= 11 is 1.81. The second kappa shape index (κ2) is 7.53. The van der Waals surface area contributed by atoms with E-state index in [0.717, 1.165) is 24.8 Å². The van der Waals surface area contributed by atoms with Crippen LogP contribution in [-0.2, 0) is 4.79 Å². The number of rotatable bonds is 5. The molecule has 1 aliphatic heterocycles. The number of hydrogen-bond donors (Lipinski definition) is 0. The molecule has 1 unspecified atom stereocenters. The molecule has 1 atom stereocenters. The van der Waals surface area contributed by atoms with Gasteiger partial charge in [-0.05, 0) is 55.6 Å². The molecule has 1 amide bonds. The lowest BCUT2D eigenvalue weighted by atomic mass is 9.71. The predicted octanol–water partition coefficient (Wildman–Crippen LogP) is 4.11. The molecule has 0 radical (unpaired) electrons. The SMILES string of the molecule is CC(C)CCSCC(=O)N1CCCC2(CC=CCC2)C1. The summed E-state index contributed by atoms with van der Waals surface area (Å²) in [6.07, 6.45) is 12.0. The first-order valence-electron chi connectivity index (χ1n) is 8.12. The fourth-order valence-corrected chi connectivity index (χ4v) is 4.44. The third-order valence-electron chi connectivity index (χ3n) is 4.64. The average molecular weight is 295 g/mol. The van der Waals surface area contributed by atoms with Crippen LogP contribution >= 0.6 is 11.8 Å². The van der Waals surface area contributed by atoms with Crippen LogP contribution in [0.2, 0.25) is 0 Å². The number of carbonyl (C=O) groups is 1. The van der Waals surface area contributed by atoms with Crippen molar-refractivity contribution in [3.63, 3.8) is 0 Å². The number of allylic oxidation sites excluding steroid dienone is 2. The van der Waals surface area contributed by atoms with E-state index in [4.69, 9.17) is 0 Å². The molecule has 1 spiro atoms. The van der Waals surface area contributed by atoms with Gasteiger partial charge in [-0.2, -0.15) is 11.8 Å². The van der Waals surface area contributed by atoms with Gasteiger partial charge in [0.05, 0.1) is 5.75 Å². The van der Waals surface area contributed by atoms with Crippen LogP contribution in [0.5, 0.6) is 0 Å². The quantitative estimate of drug-likeness (QED) is 0.562. The van der Waals surface area contributed by atoms with Gasteiger partial charge in [0.1, 0.15) is 0 Å². The van der Waals surface area contributed by atoms with Crippen LogP contribution < -0.4 is 0 Å². The molecular formula is C17H29NOS. The molecule has 0 N–H and O–H groups in total. The largest absolute Gasteiger partial charge is 0.341 e. The van der Waals surface area contributed by atoms with Gasteiger partial charge in [-0.25, -0.2) is 0 Å². The molecule has 2 nitrogen and oxygen atoms in total. The van der Waals surface area contributed by atoms with E-state index in [1.54, 1.807) is 0 Å². The second-order valence-corrected chi connectivity index (χ2v) is 7.97. The highest BCUT2D eigenvalue weighted by Gasteiger charge is 2.36. The molecule has 1 saturated heterocycles. The Hall–Kier alpha value is -0.440. The first-order valence-corrected chi connectivity index (χ1v) is 9.27. The number of carbonyl (C=O) groups excluding carboxylic acids is 1. The monoisotopic (exact) mass is 295 g/mol. The zero-order chi connectivity index (χ0) is 14.4. The van der Waals surface area contributed by atoms with Crippen LogP contribution in [0.25, 0.3) is 0 Å². The molecule has 1 heterocycles. The Bertz CT molecular complexity index is 353. The van der Waals surface area contributed by atoms with Crippen molar-refractivity contribution in [3.05, 3.63) is 12.2 Å². The van der Waals surface area contributed by atoms with Gasteiger partial charge in [0.15, 0.2) is 0 Å². The molecule has 20 heavy (non-hydrogen) atoms. The lowest BCUT2D eigenvalue weighted by Gasteiger charge is -2.44. The van der Waals surface area contributed by atoms with Crippen molar-refractivity contribution < 1.29 is 4.79 Å². The summed E-state index contributed by atoms with van der Waals surface area (Å²) in [4.78, 5) is 14.5. The molecular weight excluding hydrogens is 266 g/mol. The highest BCUT2D eigenvalue weighted by Crippen LogP contribution is 2.40. The number of piperidine rings is 1. The Kier molecular flexibility index (Phi) is 6.01. The summed E-state index contributed by atoms with van der Waals surface area (Å²) in [5, 5.41) is 0. The van der Waals surface area contributed by atoms with Crippen LogP contribution in [-0.4, -0.2) is 35.4 Å². The normalized spacial score (nSPS) is 26.4. The summed E-state index contributed by atoms with van der Waals surface area (Å²) in [5.41, 5.74) is 0.408.